The van der Waals surface area contributed by atoms with Crippen LogP contribution >= 0.6 is 0 Å². The first-order chi connectivity index (χ1) is 16.1. The zero-order valence-electron chi connectivity index (χ0n) is 18.1. The molecule has 1 aromatic carbocycles. The van der Waals surface area contributed by atoms with E-state index < -0.39 is 33.3 Å². The van der Waals surface area contributed by atoms with E-state index in [1.807, 2.05) is 9.44 Å². The third-order valence-corrected chi connectivity index (χ3v) is 6.14. The predicted octanol–water partition coefficient (Wildman–Crippen LogP) is 3.81. The standard InChI is InChI=1S/C22H18F2N4O5S/c1-11-12(2)22(29)33-17-10-13(32-21-16(23)5-4-7-27-21)9-15(18(11)17)14-6-8-26-20(19(14)24)28-34(30,31)25-3/h4-10,25H,1-3H3,(H,26,28). The van der Waals surface area contributed by atoms with E-state index in [0.29, 0.717) is 16.5 Å². The van der Waals surface area contributed by atoms with Gasteiger partial charge in [0.15, 0.2) is 17.5 Å². The summed E-state index contributed by atoms with van der Waals surface area (Å²) in [5.74, 6) is -2.58. The minimum absolute atomic E-state index is 0.0140. The van der Waals surface area contributed by atoms with Crippen molar-refractivity contribution in [2.45, 2.75) is 13.8 Å². The van der Waals surface area contributed by atoms with Gasteiger partial charge in [0.05, 0.1) is 0 Å². The normalized spacial score (nSPS) is 11.6. The SMILES string of the molecule is CNS(=O)(=O)Nc1nccc(-c2cc(Oc3ncccc3F)cc3oc(=O)c(C)c(C)c23)c1F. The molecule has 0 aliphatic heterocycles. The van der Waals surface area contributed by atoms with Crippen LogP contribution in [0.15, 0.2) is 51.9 Å². The van der Waals surface area contributed by atoms with Gasteiger partial charge in [-0.25, -0.2) is 28.3 Å². The van der Waals surface area contributed by atoms with E-state index in [1.54, 1.807) is 13.8 Å². The van der Waals surface area contributed by atoms with Crippen LogP contribution in [0.5, 0.6) is 11.6 Å². The van der Waals surface area contributed by atoms with Gasteiger partial charge in [-0.2, -0.15) is 8.42 Å². The molecule has 0 spiro atoms. The first kappa shape index (κ1) is 23.3. The molecule has 0 unspecified atom stereocenters. The van der Waals surface area contributed by atoms with Crippen LogP contribution in [0.2, 0.25) is 0 Å². The lowest BCUT2D eigenvalue weighted by Crippen LogP contribution is -2.27. The van der Waals surface area contributed by atoms with E-state index in [0.717, 1.165) is 13.1 Å². The van der Waals surface area contributed by atoms with Gasteiger partial charge in [0.2, 0.25) is 0 Å². The smallest absolute Gasteiger partial charge is 0.339 e. The number of nitrogens with one attached hydrogen (secondary N) is 2. The zero-order valence-corrected chi connectivity index (χ0v) is 19.0. The molecular weight excluding hydrogens is 470 g/mol. The Morgan fingerprint density at radius 3 is 2.50 bits per heavy atom. The zero-order chi connectivity index (χ0) is 24.6. The maximum atomic E-state index is 15.5. The number of nitrogens with zero attached hydrogens (tertiary/aromatic N) is 2. The van der Waals surface area contributed by atoms with Gasteiger partial charge in [-0.1, -0.05) is 0 Å². The lowest BCUT2D eigenvalue weighted by molar-refractivity contribution is 0.422. The highest BCUT2D eigenvalue weighted by atomic mass is 32.2. The lowest BCUT2D eigenvalue weighted by atomic mass is 9.96. The fourth-order valence-corrected chi connectivity index (χ4v) is 3.80. The second-order valence-corrected chi connectivity index (χ2v) is 8.83. The molecule has 0 atom stereocenters. The largest absolute Gasteiger partial charge is 0.436 e. The van der Waals surface area contributed by atoms with Gasteiger partial charge in [-0.05, 0) is 49.2 Å². The van der Waals surface area contributed by atoms with Crippen molar-refractivity contribution < 1.29 is 26.4 Å². The van der Waals surface area contributed by atoms with Crippen LogP contribution in [0.1, 0.15) is 11.1 Å². The number of halogens is 2. The Labute approximate surface area is 192 Å². The summed E-state index contributed by atoms with van der Waals surface area (Å²) in [5.41, 5.74) is 0.435. The molecule has 0 fully saturated rings. The van der Waals surface area contributed by atoms with Gasteiger partial charge in [-0.15, -0.1) is 0 Å². The van der Waals surface area contributed by atoms with Gasteiger partial charge in [-0.3, -0.25) is 4.72 Å². The Hall–Kier alpha value is -3.90. The minimum Gasteiger partial charge on any atom is -0.436 e. The Kier molecular flexibility index (Phi) is 6.02. The number of fused-ring (bicyclic) bond motifs is 1. The molecule has 34 heavy (non-hydrogen) atoms. The fourth-order valence-electron chi connectivity index (χ4n) is 3.30. The van der Waals surface area contributed by atoms with Crippen molar-refractivity contribution in [3.63, 3.8) is 0 Å². The Balaban J connectivity index is 1.99. The number of aromatic nitrogens is 2. The van der Waals surface area contributed by atoms with Gasteiger partial charge in [0, 0.05) is 42.0 Å². The van der Waals surface area contributed by atoms with Crippen molar-refractivity contribution in [3.05, 3.63) is 75.9 Å². The number of hydrogen-bond donors (Lipinski definition) is 2. The number of benzene rings is 1. The van der Waals surface area contributed by atoms with Crippen molar-refractivity contribution >= 4 is 27.0 Å². The van der Waals surface area contributed by atoms with Gasteiger partial charge < -0.3 is 9.15 Å². The summed E-state index contributed by atoms with van der Waals surface area (Å²) in [4.78, 5) is 19.9. The van der Waals surface area contributed by atoms with Crippen LogP contribution in [-0.4, -0.2) is 25.4 Å². The summed E-state index contributed by atoms with van der Waals surface area (Å²) in [5, 5.41) is 0.387. The summed E-state index contributed by atoms with van der Waals surface area (Å²) in [6.45, 7) is 3.23. The quantitative estimate of drug-likeness (QED) is 0.396. The van der Waals surface area contributed by atoms with Crippen molar-refractivity contribution in [2.75, 3.05) is 11.8 Å². The summed E-state index contributed by atoms with van der Waals surface area (Å²) in [7, 11) is -2.89. The molecule has 3 heterocycles. The van der Waals surface area contributed by atoms with Crippen molar-refractivity contribution in [2.24, 2.45) is 0 Å². The molecule has 2 N–H and O–H groups in total. The minimum atomic E-state index is -4.05. The first-order valence-corrected chi connectivity index (χ1v) is 11.3. The Bertz CT molecular complexity index is 1590. The first-order valence-electron chi connectivity index (χ1n) is 9.84. The molecule has 0 amide bonds. The maximum Gasteiger partial charge on any atom is 0.339 e. The second kappa shape index (κ2) is 8.80. The van der Waals surface area contributed by atoms with Gasteiger partial charge >= 0.3 is 5.63 Å². The molecule has 4 rings (SSSR count). The van der Waals surface area contributed by atoms with Crippen LogP contribution in [-0.2, 0) is 10.2 Å². The Morgan fingerprint density at radius 2 is 1.79 bits per heavy atom. The van der Waals surface area contributed by atoms with E-state index in [9.17, 15) is 17.6 Å². The van der Waals surface area contributed by atoms with Crippen molar-refractivity contribution in [1.82, 2.24) is 14.7 Å². The highest BCUT2D eigenvalue weighted by Gasteiger charge is 2.21. The number of rotatable bonds is 6. The molecule has 0 aliphatic carbocycles. The summed E-state index contributed by atoms with van der Waals surface area (Å²) < 4.78 is 68.3. The van der Waals surface area contributed by atoms with Crippen LogP contribution in [0.25, 0.3) is 22.1 Å². The highest BCUT2D eigenvalue weighted by molar-refractivity contribution is 7.90. The molecule has 0 saturated carbocycles. The lowest BCUT2D eigenvalue weighted by Gasteiger charge is -2.15. The molecule has 12 heteroatoms. The molecule has 9 nitrogen and oxygen atoms in total. The number of aryl methyl sites for hydroxylation is 1. The van der Waals surface area contributed by atoms with Crippen LogP contribution in [0.3, 0.4) is 0 Å². The number of pyridine rings is 2. The topological polar surface area (TPSA) is 123 Å². The van der Waals surface area contributed by atoms with Crippen LogP contribution in [0, 0.1) is 25.5 Å². The second-order valence-electron chi connectivity index (χ2n) is 7.21. The number of ether oxygens (including phenoxy) is 1. The molecule has 0 aliphatic rings. The van der Waals surface area contributed by atoms with E-state index in [4.69, 9.17) is 9.15 Å². The molecule has 0 saturated heterocycles. The summed E-state index contributed by atoms with van der Waals surface area (Å²) in [6, 6.07) is 6.65. The number of anilines is 1. The van der Waals surface area contributed by atoms with E-state index >= 15 is 4.39 Å². The molecular formula is C22H18F2N4O5S. The average molecular weight is 488 g/mol. The molecule has 3 aromatic heterocycles. The molecule has 0 radical (unpaired) electrons. The molecule has 4 aromatic rings. The van der Waals surface area contributed by atoms with Crippen LogP contribution in [0.4, 0.5) is 14.6 Å². The van der Waals surface area contributed by atoms with Gasteiger partial charge in [0.1, 0.15) is 11.3 Å². The summed E-state index contributed by atoms with van der Waals surface area (Å²) in [6.07, 6.45) is 2.54. The predicted molar refractivity (Wildman–Crippen MR) is 121 cm³/mol. The maximum absolute atomic E-state index is 15.5. The number of hydrogen-bond acceptors (Lipinski definition) is 7. The van der Waals surface area contributed by atoms with E-state index in [-0.39, 0.29) is 28.3 Å². The Morgan fingerprint density at radius 1 is 1.03 bits per heavy atom. The average Bonchev–Trinajstić information content (AvgIpc) is 2.80. The monoisotopic (exact) mass is 488 g/mol. The van der Waals surface area contributed by atoms with E-state index in [1.165, 1.54) is 36.7 Å². The van der Waals surface area contributed by atoms with Gasteiger partial charge in [0.25, 0.3) is 16.1 Å². The summed E-state index contributed by atoms with van der Waals surface area (Å²) >= 11 is 0. The fraction of sp³-hybridized carbons (Fsp3) is 0.136. The molecule has 0 bridgehead atoms. The third kappa shape index (κ3) is 4.32. The highest BCUT2D eigenvalue weighted by Crippen LogP contribution is 2.38. The van der Waals surface area contributed by atoms with E-state index in [2.05, 4.69) is 9.97 Å². The van der Waals surface area contributed by atoms with Crippen LogP contribution < -0.4 is 19.8 Å². The van der Waals surface area contributed by atoms with Crippen molar-refractivity contribution in [3.8, 4) is 22.8 Å². The van der Waals surface area contributed by atoms with Crippen molar-refractivity contribution in [1.29, 1.82) is 0 Å². The molecule has 176 valence electrons. The third-order valence-electron chi connectivity index (χ3n) is 5.14.